The van der Waals surface area contributed by atoms with Gasteiger partial charge in [-0.25, -0.2) is 9.59 Å². The number of nitrogens with zero attached hydrogens (tertiary/aromatic N) is 4. The van der Waals surface area contributed by atoms with E-state index in [1.807, 2.05) is 136 Å². The van der Waals surface area contributed by atoms with Gasteiger partial charge >= 0.3 is 11.8 Å². The van der Waals surface area contributed by atoms with Crippen LogP contribution in [0.3, 0.4) is 0 Å². The molecular formula is C44H44N4O6. The smallest absolute Gasteiger partial charge is 0.410 e. The number of aromatic nitrogens is 3. The molecule has 1 aliphatic rings. The van der Waals surface area contributed by atoms with E-state index in [2.05, 4.69) is 0 Å². The zero-order valence-corrected chi connectivity index (χ0v) is 31.0. The van der Waals surface area contributed by atoms with Crippen LogP contribution in [-0.2, 0) is 31.6 Å². The fourth-order valence-electron chi connectivity index (χ4n) is 6.41. The van der Waals surface area contributed by atoms with Crippen LogP contribution in [0, 0.1) is 0 Å². The van der Waals surface area contributed by atoms with Crippen LogP contribution in [-0.4, -0.2) is 43.8 Å². The topological polar surface area (TPSA) is 97.1 Å². The molecule has 54 heavy (non-hydrogen) atoms. The van der Waals surface area contributed by atoms with Gasteiger partial charge in [0.15, 0.2) is 5.75 Å². The number of imidazole rings is 1. The third-order valence-electron chi connectivity index (χ3n) is 9.10. The van der Waals surface area contributed by atoms with Crippen molar-refractivity contribution in [2.75, 3.05) is 13.1 Å². The molecule has 0 unspecified atom stereocenters. The Morgan fingerprint density at radius 1 is 0.741 bits per heavy atom. The van der Waals surface area contributed by atoms with Gasteiger partial charge < -0.3 is 23.8 Å². The molecule has 2 aromatic heterocycles. The Kier molecular flexibility index (Phi) is 10.5. The third-order valence-corrected chi connectivity index (χ3v) is 9.10. The lowest BCUT2D eigenvalue weighted by molar-refractivity contribution is 0.0270. The molecule has 0 fully saturated rings. The average Bonchev–Trinajstić information content (AvgIpc) is 3.44. The summed E-state index contributed by atoms with van der Waals surface area (Å²) in [4.78, 5) is 33.6. The number of pyridine rings is 1. The molecule has 0 N–H and O–H groups in total. The Bertz CT molecular complexity index is 2330. The highest BCUT2D eigenvalue weighted by Gasteiger charge is 2.27. The van der Waals surface area contributed by atoms with Crippen molar-refractivity contribution in [3.05, 3.63) is 154 Å². The highest BCUT2D eigenvalue weighted by atomic mass is 16.6. The van der Waals surface area contributed by atoms with Crippen LogP contribution in [0.1, 0.15) is 49.4 Å². The van der Waals surface area contributed by atoms with Gasteiger partial charge in [-0.15, -0.1) is 0 Å². The summed E-state index contributed by atoms with van der Waals surface area (Å²) in [6, 6.07) is 37.1. The van der Waals surface area contributed by atoms with E-state index in [9.17, 15) is 9.59 Å². The normalized spacial score (nSPS) is 13.0. The number of hydrogen-bond donors (Lipinski definition) is 0. The van der Waals surface area contributed by atoms with Gasteiger partial charge in [0.05, 0.1) is 5.52 Å². The van der Waals surface area contributed by atoms with Crippen molar-refractivity contribution in [3.63, 3.8) is 0 Å². The van der Waals surface area contributed by atoms with E-state index in [-0.39, 0.29) is 24.3 Å². The maximum atomic E-state index is 14.3. The molecule has 10 nitrogen and oxygen atoms in total. The lowest BCUT2D eigenvalue weighted by atomic mass is 9.97. The Morgan fingerprint density at radius 3 is 1.91 bits per heavy atom. The van der Waals surface area contributed by atoms with Gasteiger partial charge in [-0.2, -0.15) is 4.98 Å². The third kappa shape index (κ3) is 8.18. The molecule has 0 saturated heterocycles. The van der Waals surface area contributed by atoms with E-state index >= 15 is 0 Å². The van der Waals surface area contributed by atoms with E-state index in [1.54, 1.807) is 27.1 Å². The second-order valence-corrected chi connectivity index (χ2v) is 14.2. The molecule has 0 atom stereocenters. The molecule has 276 valence electrons. The number of carbonyl (C=O) groups excluding carboxylic acids is 1. The molecule has 1 aliphatic heterocycles. The molecule has 0 radical (unpaired) electrons. The van der Waals surface area contributed by atoms with E-state index in [0.29, 0.717) is 61.1 Å². The number of carbonyl (C=O) groups is 1. The fourth-order valence-corrected chi connectivity index (χ4v) is 6.41. The molecule has 3 heterocycles. The summed E-state index contributed by atoms with van der Waals surface area (Å²) >= 11 is 0. The van der Waals surface area contributed by atoms with Crippen LogP contribution in [0.2, 0.25) is 0 Å². The first-order valence-electron chi connectivity index (χ1n) is 18.1. The number of hydrogen-bond acceptors (Lipinski definition) is 7. The van der Waals surface area contributed by atoms with Gasteiger partial charge in [0.25, 0.3) is 0 Å². The molecule has 1 amide bonds. The summed E-state index contributed by atoms with van der Waals surface area (Å²) in [7, 11) is 1.75. The molecule has 4 aromatic carbocycles. The number of aryl methyl sites for hydroxylation is 1. The second kappa shape index (κ2) is 15.8. The van der Waals surface area contributed by atoms with Crippen molar-refractivity contribution in [1.82, 2.24) is 19.0 Å². The predicted octanol–water partition coefficient (Wildman–Crippen LogP) is 8.49. The lowest BCUT2D eigenvalue weighted by Gasteiger charge is -2.30. The Morgan fingerprint density at radius 2 is 1.33 bits per heavy atom. The number of benzene rings is 4. The highest BCUT2D eigenvalue weighted by Crippen LogP contribution is 2.38. The van der Waals surface area contributed by atoms with Crippen molar-refractivity contribution in [2.24, 2.45) is 7.05 Å². The van der Waals surface area contributed by atoms with Crippen molar-refractivity contribution in [1.29, 1.82) is 0 Å². The van der Waals surface area contributed by atoms with Gasteiger partial charge in [0.2, 0.25) is 11.8 Å². The van der Waals surface area contributed by atoms with E-state index < -0.39 is 5.60 Å². The Balaban J connectivity index is 1.29. The summed E-state index contributed by atoms with van der Waals surface area (Å²) in [6.45, 7) is 7.34. The molecule has 7 rings (SSSR count). The molecule has 10 heteroatoms. The maximum Gasteiger partial charge on any atom is 0.410 e. The monoisotopic (exact) mass is 724 g/mol. The quantitative estimate of drug-likeness (QED) is 0.132. The van der Waals surface area contributed by atoms with Gasteiger partial charge in [-0.3, -0.25) is 9.13 Å². The highest BCUT2D eigenvalue weighted by molar-refractivity contribution is 5.91. The summed E-state index contributed by atoms with van der Waals surface area (Å²) in [6.07, 6.45) is 2.28. The SMILES string of the molecule is Cn1c(=O)n(-c2ccc(OCc3ccccc3)nc2OCc2ccccc2)c2ccc(C3=CCN(C(=O)OC(C)(C)C)CC3)c(OCc3ccccc3)c21. The number of amides is 1. The van der Waals surface area contributed by atoms with Crippen LogP contribution >= 0.6 is 0 Å². The average molecular weight is 725 g/mol. The molecule has 0 spiro atoms. The van der Waals surface area contributed by atoms with Crippen molar-refractivity contribution >= 4 is 22.7 Å². The van der Waals surface area contributed by atoms with Crippen LogP contribution in [0.25, 0.3) is 22.3 Å². The minimum absolute atomic E-state index is 0.243. The summed E-state index contributed by atoms with van der Waals surface area (Å²) in [5, 5.41) is 0. The lowest BCUT2D eigenvalue weighted by Crippen LogP contribution is -2.39. The second-order valence-electron chi connectivity index (χ2n) is 14.2. The van der Waals surface area contributed by atoms with E-state index in [1.165, 1.54) is 0 Å². The predicted molar refractivity (Wildman–Crippen MR) is 209 cm³/mol. The summed E-state index contributed by atoms with van der Waals surface area (Å²) < 4.78 is 27.9. The molecular weight excluding hydrogens is 681 g/mol. The van der Waals surface area contributed by atoms with Crippen LogP contribution in [0.5, 0.6) is 17.5 Å². The number of ether oxygens (including phenoxy) is 4. The Labute approximate surface area is 314 Å². The molecule has 0 bridgehead atoms. The largest absolute Gasteiger partial charge is 0.486 e. The maximum absolute atomic E-state index is 14.3. The molecule has 0 aliphatic carbocycles. The van der Waals surface area contributed by atoms with E-state index in [0.717, 1.165) is 27.8 Å². The van der Waals surface area contributed by atoms with Gasteiger partial charge in [-0.05, 0) is 67.7 Å². The van der Waals surface area contributed by atoms with Crippen molar-refractivity contribution in [3.8, 4) is 23.2 Å². The summed E-state index contributed by atoms with van der Waals surface area (Å²) in [5.41, 5.74) is 5.69. The number of fused-ring (bicyclic) bond motifs is 1. The summed E-state index contributed by atoms with van der Waals surface area (Å²) in [5.74, 6) is 1.21. The van der Waals surface area contributed by atoms with E-state index in [4.69, 9.17) is 23.9 Å². The first-order chi connectivity index (χ1) is 26.1. The molecule has 0 saturated carbocycles. The van der Waals surface area contributed by atoms with Crippen molar-refractivity contribution < 1.29 is 23.7 Å². The number of rotatable bonds is 11. The standard InChI is InChI=1S/C44H44N4O6/c1-44(2,3)54-43(50)47-26-24-34(25-27-47)35-20-21-36-39(40(35)52-29-32-16-10-6-11-17-32)46(4)42(49)48(36)37-22-23-38(51-28-31-14-8-5-9-15-31)45-41(37)53-30-33-18-12-7-13-19-33/h5-24H,25-30H2,1-4H3. The zero-order chi connectivity index (χ0) is 37.7. The van der Waals surface area contributed by atoms with Gasteiger partial charge in [0, 0.05) is 31.8 Å². The minimum Gasteiger partial charge on any atom is -0.486 e. The fraction of sp³-hybridized carbons (Fsp3) is 0.250. The van der Waals surface area contributed by atoms with Crippen LogP contribution in [0.15, 0.2) is 126 Å². The minimum atomic E-state index is -0.583. The van der Waals surface area contributed by atoms with Gasteiger partial charge in [0.1, 0.15) is 36.6 Å². The van der Waals surface area contributed by atoms with Gasteiger partial charge in [-0.1, -0.05) is 97.1 Å². The first-order valence-corrected chi connectivity index (χ1v) is 18.1. The molecule has 6 aromatic rings. The Hall–Kier alpha value is -6.29. The van der Waals surface area contributed by atoms with Crippen LogP contribution < -0.4 is 19.9 Å². The van der Waals surface area contributed by atoms with Crippen molar-refractivity contribution in [2.45, 2.75) is 52.6 Å². The first kappa shape index (κ1) is 36.1. The zero-order valence-electron chi connectivity index (χ0n) is 31.0. The van der Waals surface area contributed by atoms with Crippen LogP contribution in [0.4, 0.5) is 4.79 Å².